The average molecular weight is 394 g/mol. The van der Waals surface area contributed by atoms with Crippen LogP contribution in [0.1, 0.15) is 6.42 Å². The molecule has 1 fully saturated rings. The molecule has 1 atom stereocenters. The van der Waals surface area contributed by atoms with Crippen LogP contribution in [-0.4, -0.2) is 35.0 Å². The third-order valence-corrected chi connectivity index (χ3v) is 4.86. The smallest absolute Gasteiger partial charge is 0.229 e. The quantitative estimate of drug-likeness (QED) is 0.722. The first kappa shape index (κ1) is 18.7. The Bertz CT molecular complexity index is 1050. The molecule has 0 saturated carbocycles. The fraction of sp³-hybridized carbons (Fsp3) is 0.190. The predicted molar refractivity (Wildman–Crippen MR) is 106 cm³/mol. The molecule has 4 rings (SSSR count). The predicted octanol–water partition coefficient (Wildman–Crippen LogP) is 3.01. The maximum atomic E-state index is 14.4. The fourth-order valence-electron chi connectivity index (χ4n) is 3.35. The molecule has 2 amide bonds. The molecule has 3 aromatic rings. The Morgan fingerprint density at radius 2 is 2.14 bits per heavy atom. The molecule has 8 heteroatoms. The summed E-state index contributed by atoms with van der Waals surface area (Å²) in [4.78, 5) is 30.5. The molecule has 1 aliphatic rings. The number of carbonyl (C=O) groups excluding carboxylic acids is 2. The van der Waals surface area contributed by atoms with E-state index in [0.29, 0.717) is 22.8 Å². The van der Waals surface area contributed by atoms with Crippen LogP contribution in [0.25, 0.3) is 5.69 Å². The van der Waals surface area contributed by atoms with Gasteiger partial charge in [0, 0.05) is 42.8 Å². The van der Waals surface area contributed by atoms with E-state index in [4.69, 9.17) is 4.74 Å². The Kier molecular flexibility index (Phi) is 4.99. The van der Waals surface area contributed by atoms with Gasteiger partial charge in [-0.05, 0) is 30.3 Å². The van der Waals surface area contributed by atoms with E-state index in [0.717, 1.165) is 0 Å². The summed E-state index contributed by atoms with van der Waals surface area (Å²) < 4.78 is 21.1. The van der Waals surface area contributed by atoms with E-state index in [-0.39, 0.29) is 24.8 Å². The molecule has 0 radical (unpaired) electrons. The van der Waals surface area contributed by atoms with E-state index in [1.807, 2.05) is 0 Å². The van der Waals surface area contributed by atoms with Gasteiger partial charge in [0.2, 0.25) is 11.8 Å². The maximum Gasteiger partial charge on any atom is 0.229 e. The first-order valence-electron chi connectivity index (χ1n) is 9.08. The molecule has 148 valence electrons. The number of rotatable bonds is 5. The fourth-order valence-corrected chi connectivity index (χ4v) is 3.35. The number of nitrogens with one attached hydrogen (secondary N) is 1. The second kappa shape index (κ2) is 7.75. The molecule has 1 aromatic heterocycles. The standard InChI is InChI=1S/C21H19FN4O3/c1-29-17-4-2-3-16(11-17)26-12-14(9-20(26)27)21(28)24-15-5-6-19(18(22)10-15)25-8-7-23-13-25/h2-8,10-11,13-14H,9,12H2,1H3,(H,24,28). The number of methoxy groups -OCH3 is 1. The van der Waals surface area contributed by atoms with Crippen LogP contribution in [0.5, 0.6) is 5.75 Å². The Morgan fingerprint density at radius 1 is 1.28 bits per heavy atom. The van der Waals surface area contributed by atoms with Crippen molar-refractivity contribution in [1.82, 2.24) is 9.55 Å². The minimum atomic E-state index is -0.523. The van der Waals surface area contributed by atoms with Crippen LogP contribution in [0.4, 0.5) is 15.8 Å². The van der Waals surface area contributed by atoms with Crippen molar-refractivity contribution in [3.63, 3.8) is 0 Å². The van der Waals surface area contributed by atoms with Gasteiger partial charge in [-0.25, -0.2) is 9.37 Å². The zero-order valence-electron chi connectivity index (χ0n) is 15.7. The summed E-state index contributed by atoms with van der Waals surface area (Å²) in [6, 6.07) is 11.6. The van der Waals surface area contributed by atoms with Crippen LogP contribution < -0.4 is 15.0 Å². The Balaban J connectivity index is 1.45. The zero-order chi connectivity index (χ0) is 20.4. The highest BCUT2D eigenvalue weighted by molar-refractivity contribution is 6.03. The van der Waals surface area contributed by atoms with Crippen molar-refractivity contribution in [3.8, 4) is 11.4 Å². The first-order valence-corrected chi connectivity index (χ1v) is 9.08. The van der Waals surface area contributed by atoms with Crippen LogP contribution in [0.2, 0.25) is 0 Å². The first-order chi connectivity index (χ1) is 14.0. The highest BCUT2D eigenvalue weighted by Gasteiger charge is 2.35. The molecule has 2 heterocycles. The number of nitrogens with zero attached hydrogens (tertiary/aromatic N) is 3. The average Bonchev–Trinajstić information content (AvgIpc) is 3.38. The lowest BCUT2D eigenvalue weighted by atomic mass is 10.1. The van der Waals surface area contributed by atoms with E-state index in [9.17, 15) is 14.0 Å². The molecule has 0 bridgehead atoms. The van der Waals surface area contributed by atoms with Crippen LogP contribution in [0.15, 0.2) is 61.2 Å². The summed E-state index contributed by atoms with van der Waals surface area (Å²) in [7, 11) is 1.55. The Labute approximate surface area is 166 Å². The molecule has 0 aliphatic carbocycles. The molecule has 7 nitrogen and oxygen atoms in total. The number of imidazole rings is 1. The third kappa shape index (κ3) is 3.82. The number of ether oxygens (including phenoxy) is 1. The monoisotopic (exact) mass is 394 g/mol. The van der Waals surface area contributed by atoms with Gasteiger partial charge < -0.3 is 19.5 Å². The molecular weight excluding hydrogens is 375 g/mol. The van der Waals surface area contributed by atoms with Gasteiger partial charge in [-0.1, -0.05) is 6.07 Å². The summed E-state index contributed by atoms with van der Waals surface area (Å²) >= 11 is 0. The van der Waals surface area contributed by atoms with Gasteiger partial charge >= 0.3 is 0 Å². The number of benzene rings is 2. The number of amides is 2. The summed E-state index contributed by atoms with van der Waals surface area (Å²) in [5.41, 5.74) is 1.35. The Hall–Kier alpha value is -3.68. The van der Waals surface area contributed by atoms with Crippen molar-refractivity contribution in [2.75, 3.05) is 23.9 Å². The van der Waals surface area contributed by atoms with E-state index < -0.39 is 11.7 Å². The normalized spacial score (nSPS) is 16.1. The number of halogens is 1. The highest BCUT2D eigenvalue weighted by Crippen LogP contribution is 2.29. The van der Waals surface area contributed by atoms with Crippen molar-refractivity contribution < 1.29 is 18.7 Å². The van der Waals surface area contributed by atoms with Gasteiger partial charge in [0.05, 0.1) is 25.0 Å². The van der Waals surface area contributed by atoms with Crippen LogP contribution in [-0.2, 0) is 9.59 Å². The van der Waals surface area contributed by atoms with Crippen LogP contribution in [0, 0.1) is 11.7 Å². The lowest BCUT2D eigenvalue weighted by Gasteiger charge is -2.17. The van der Waals surface area contributed by atoms with E-state index in [1.54, 1.807) is 65.4 Å². The second-order valence-electron chi connectivity index (χ2n) is 6.73. The van der Waals surface area contributed by atoms with E-state index in [2.05, 4.69) is 10.3 Å². The summed E-state index contributed by atoms with van der Waals surface area (Å²) in [5, 5.41) is 2.70. The second-order valence-corrected chi connectivity index (χ2v) is 6.73. The molecule has 1 N–H and O–H groups in total. The molecule has 1 unspecified atom stereocenters. The van der Waals surface area contributed by atoms with Gasteiger partial charge in [-0.2, -0.15) is 0 Å². The van der Waals surface area contributed by atoms with Gasteiger partial charge in [0.1, 0.15) is 11.6 Å². The number of hydrogen-bond donors (Lipinski definition) is 1. The molecular formula is C21H19FN4O3. The summed E-state index contributed by atoms with van der Waals surface area (Å²) in [5.74, 6) is -0.832. The lowest BCUT2D eigenvalue weighted by Crippen LogP contribution is -2.28. The van der Waals surface area contributed by atoms with Crippen LogP contribution >= 0.6 is 0 Å². The maximum absolute atomic E-state index is 14.4. The minimum absolute atomic E-state index is 0.0959. The van der Waals surface area contributed by atoms with Crippen molar-refractivity contribution in [1.29, 1.82) is 0 Å². The van der Waals surface area contributed by atoms with Crippen molar-refractivity contribution in [3.05, 3.63) is 67.0 Å². The van der Waals surface area contributed by atoms with Gasteiger partial charge in [0.15, 0.2) is 0 Å². The molecule has 29 heavy (non-hydrogen) atoms. The molecule has 1 saturated heterocycles. The summed E-state index contributed by atoms with van der Waals surface area (Å²) in [6.45, 7) is 0.257. The lowest BCUT2D eigenvalue weighted by molar-refractivity contribution is -0.122. The molecule has 2 aromatic carbocycles. The van der Waals surface area contributed by atoms with Crippen molar-refractivity contribution in [2.24, 2.45) is 5.92 Å². The van der Waals surface area contributed by atoms with E-state index >= 15 is 0 Å². The zero-order valence-corrected chi connectivity index (χ0v) is 15.7. The largest absolute Gasteiger partial charge is 0.497 e. The summed E-state index contributed by atoms with van der Waals surface area (Å²) in [6.07, 6.45) is 4.78. The SMILES string of the molecule is COc1cccc(N2CC(C(=O)Nc3ccc(-n4ccnc4)c(F)c3)CC2=O)c1. The Morgan fingerprint density at radius 3 is 2.86 bits per heavy atom. The number of anilines is 2. The van der Waals surface area contributed by atoms with Gasteiger partial charge in [-0.3, -0.25) is 9.59 Å². The van der Waals surface area contributed by atoms with Crippen LogP contribution in [0.3, 0.4) is 0 Å². The minimum Gasteiger partial charge on any atom is -0.497 e. The van der Waals surface area contributed by atoms with Crippen molar-refractivity contribution >= 4 is 23.2 Å². The number of hydrogen-bond acceptors (Lipinski definition) is 4. The molecule has 0 spiro atoms. The highest BCUT2D eigenvalue weighted by atomic mass is 19.1. The van der Waals surface area contributed by atoms with Crippen molar-refractivity contribution in [2.45, 2.75) is 6.42 Å². The van der Waals surface area contributed by atoms with Gasteiger partial charge in [-0.15, -0.1) is 0 Å². The van der Waals surface area contributed by atoms with E-state index in [1.165, 1.54) is 12.4 Å². The number of aromatic nitrogens is 2. The number of carbonyl (C=O) groups is 2. The topological polar surface area (TPSA) is 76.5 Å². The third-order valence-electron chi connectivity index (χ3n) is 4.86. The van der Waals surface area contributed by atoms with Gasteiger partial charge in [0.25, 0.3) is 0 Å². The molecule has 1 aliphatic heterocycles.